The van der Waals surface area contributed by atoms with Crippen LogP contribution in [0.5, 0.6) is 0 Å². The molecule has 7 heteroatoms. The van der Waals surface area contributed by atoms with Crippen LogP contribution in [0.1, 0.15) is 5.56 Å². The van der Waals surface area contributed by atoms with Crippen LogP contribution in [0.15, 0.2) is 47.6 Å². The average Bonchev–Trinajstić information content (AvgIpc) is 2.78. The summed E-state index contributed by atoms with van der Waals surface area (Å²) in [4.78, 5) is 29.9. The van der Waals surface area contributed by atoms with Crippen molar-refractivity contribution >= 4 is 57.9 Å². The third-order valence-electron chi connectivity index (χ3n) is 2.96. The Bertz CT molecular complexity index is 793. The van der Waals surface area contributed by atoms with E-state index in [0.717, 1.165) is 22.2 Å². The molecule has 2 amide bonds. The number of carbonyl (C=O) groups excluding carboxylic acids is 2. The third kappa shape index (κ3) is 2.88. The highest BCUT2D eigenvalue weighted by Crippen LogP contribution is 2.37. The zero-order valence-corrected chi connectivity index (χ0v) is 13.3. The molecule has 4 nitrogen and oxygen atoms in total. The largest absolute Gasteiger partial charge is 0.298 e. The third-order valence-corrected chi connectivity index (χ3v) is 4.57. The molecule has 0 bridgehead atoms. The van der Waals surface area contributed by atoms with E-state index >= 15 is 0 Å². The number of rotatable bonds is 2. The number of anilines is 1. The number of aromatic nitrogens is 1. The van der Waals surface area contributed by atoms with Gasteiger partial charge in [-0.25, -0.2) is 4.90 Å². The monoisotopic (exact) mass is 350 g/mol. The Kier molecular flexibility index (Phi) is 4.20. The molecule has 1 aliphatic rings. The molecule has 0 spiro atoms. The zero-order chi connectivity index (χ0) is 15.7. The maximum absolute atomic E-state index is 12.4. The molecule has 0 N–H and O–H groups in total. The lowest BCUT2D eigenvalue weighted by atomic mass is 10.2. The standard InChI is InChI=1S/C15H8Cl2N2O2S/c16-11-2-1-10(8-12(11)17)19-14(20)13(22-15(19)21)7-9-3-5-18-6-4-9/h1-8H/b13-7-. The van der Waals surface area contributed by atoms with Crippen molar-refractivity contribution in [3.8, 4) is 0 Å². The van der Waals surface area contributed by atoms with Gasteiger partial charge in [-0.3, -0.25) is 14.6 Å². The van der Waals surface area contributed by atoms with Crippen LogP contribution in [0.3, 0.4) is 0 Å². The van der Waals surface area contributed by atoms with Gasteiger partial charge in [-0.05, 0) is 53.7 Å². The Labute approximate surface area is 140 Å². The van der Waals surface area contributed by atoms with Gasteiger partial charge in [0, 0.05) is 12.4 Å². The molecule has 1 aromatic heterocycles. The van der Waals surface area contributed by atoms with E-state index in [-0.39, 0.29) is 16.2 Å². The Morgan fingerprint density at radius 3 is 2.45 bits per heavy atom. The second-order valence-electron chi connectivity index (χ2n) is 4.40. The fourth-order valence-corrected chi connectivity index (χ4v) is 3.06. The number of pyridine rings is 1. The molecule has 0 atom stereocenters. The molecule has 0 unspecified atom stereocenters. The van der Waals surface area contributed by atoms with Gasteiger partial charge in [-0.2, -0.15) is 0 Å². The molecule has 3 rings (SSSR count). The minimum Gasteiger partial charge on any atom is -0.268 e. The van der Waals surface area contributed by atoms with Crippen LogP contribution in [0.25, 0.3) is 6.08 Å². The predicted octanol–water partition coefficient (Wildman–Crippen LogP) is 4.63. The first kappa shape index (κ1) is 15.1. The summed E-state index contributed by atoms with van der Waals surface area (Å²) >= 11 is 12.7. The van der Waals surface area contributed by atoms with E-state index in [1.54, 1.807) is 42.7 Å². The van der Waals surface area contributed by atoms with Gasteiger partial charge in [0.05, 0.1) is 20.6 Å². The van der Waals surface area contributed by atoms with Crippen LogP contribution >= 0.6 is 35.0 Å². The number of hydrogen-bond acceptors (Lipinski definition) is 4. The fraction of sp³-hybridized carbons (Fsp3) is 0. The molecular weight excluding hydrogens is 343 g/mol. The van der Waals surface area contributed by atoms with E-state index in [1.165, 1.54) is 6.07 Å². The van der Waals surface area contributed by atoms with E-state index in [0.29, 0.717) is 15.6 Å². The summed E-state index contributed by atoms with van der Waals surface area (Å²) in [5, 5.41) is 0.282. The van der Waals surface area contributed by atoms with Gasteiger partial charge in [0.2, 0.25) is 0 Å². The molecule has 22 heavy (non-hydrogen) atoms. The fourth-order valence-electron chi connectivity index (χ4n) is 1.93. The summed E-state index contributed by atoms with van der Waals surface area (Å²) in [6.07, 6.45) is 4.90. The topological polar surface area (TPSA) is 50.3 Å². The van der Waals surface area contributed by atoms with Crippen LogP contribution in [-0.2, 0) is 4.79 Å². The molecule has 2 aromatic rings. The maximum Gasteiger partial charge on any atom is 0.298 e. The van der Waals surface area contributed by atoms with Gasteiger partial charge >= 0.3 is 0 Å². The minimum absolute atomic E-state index is 0.288. The first-order valence-electron chi connectivity index (χ1n) is 6.19. The van der Waals surface area contributed by atoms with Gasteiger partial charge in [0.25, 0.3) is 11.1 Å². The van der Waals surface area contributed by atoms with Crippen molar-refractivity contribution in [1.82, 2.24) is 4.98 Å². The van der Waals surface area contributed by atoms with Crippen molar-refractivity contribution in [2.45, 2.75) is 0 Å². The van der Waals surface area contributed by atoms with Crippen molar-refractivity contribution in [2.24, 2.45) is 0 Å². The first-order chi connectivity index (χ1) is 10.6. The number of hydrogen-bond donors (Lipinski definition) is 0. The van der Waals surface area contributed by atoms with E-state index in [9.17, 15) is 9.59 Å². The second-order valence-corrected chi connectivity index (χ2v) is 6.20. The molecule has 2 heterocycles. The number of halogens is 2. The average molecular weight is 351 g/mol. The van der Waals surface area contributed by atoms with Crippen LogP contribution < -0.4 is 4.90 Å². The van der Waals surface area contributed by atoms with E-state index < -0.39 is 0 Å². The normalized spacial score (nSPS) is 16.6. The van der Waals surface area contributed by atoms with Gasteiger partial charge in [0.1, 0.15) is 0 Å². The highest BCUT2D eigenvalue weighted by molar-refractivity contribution is 8.19. The smallest absolute Gasteiger partial charge is 0.268 e. The van der Waals surface area contributed by atoms with Gasteiger partial charge in [-0.1, -0.05) is 23.2 Å². The number of benzene rings is 1. The lowest BCUT2D eigenvalue weighted by molar-refractivity contribution is -0.113. The Morgan fingerprint density at radius 2 is 1.77 bits per heavy atom. The minimum atomic E-state index is -0.384. The maximum atomic E-state index is 12.4. The number of carbonyl (C=O) groups is 2. The lowest BCUT2D eigenvalue weighted by Crippen LogP contribution is -2.27. The SMILES string of the molecule is O=C1S/C(=C\c2ccncc2)C(=O)N1c1ccc(Cl)c(Cl)c1. The van der Waals surface area contributed by atoms with Crippen molar-refractivity contribution in [3.63, 3.8) is 0 Å². The number of imide groups is 1. The summed E-state index contributed by atoms with van der Waals surface area (Å²) in [6.45, 7) is 0. The molecule has 0 saturated carbocycles. The Morgan fingerprint density at radius 1 is 1.05 bits per heavy atom. The molecule has 0 aliphatic carbocycles. The molecule has 110 valence electrons. The summed E-state index contributed by atoms with van der Waals surface area (Å²) in [5.41, 5.74) is 1.20. The van der Waals surface area contributed by atoms with Crippen LogP contribution in [-0.4, -0.2) is 16.1 Å². The number of amides is 2. The molecule has 0 radical (unpaired) electrons. The second kappa shape index (κ2) is 6.12. The van der Waals surface area contributed by atoms with E-state index in [1.807, 2.05) is 0 Å². The zero-order valence-electron chi connectivity index (χ0n) is 11.0. The highest BCUT2D eigenvalue weighted by atomic mass is 35.5. The van der Waals surface area contributed by atoms with Crippen LogP contribution in [0.4, 0.5) is 10.5 Å². The van der Waals surface area contributed by atoms with Gasteiger partial charge in [0.15, 0.2) is 0 Å². The van der Waals surface area contributed by atoms with E-state index in [2.05, 4.69) is 4.98 Å². The highest BCUT2D eigenvalue weighted by Gasteiger charge is 2.36. The van der Waals surface area contributed by atoms with Gasteiger partial charge in [-0.15, -0.1) is 0 Å². The van der Waals surface area contributed by atoms with E-state index in [4.69, 9.17) is 23.2 Å². The first-order valence-corrected chi connectivity index (χ1v) is 7.76. The van der Waals surface area contributed by atoms with Crippen molar-refractivity contribution in [3.05, 3.63) is 63.2 Å². The van der Waals surface area contributed by atoms with Crippen LogP contribution in [0.2, 0.25) is 10.0 Å². The summed E-state index contributed by atoms with van der Waals surface area (Å²) < 4.78 is 0. The number of thioether (sulfide) groups is 1. The van der Waals surface area contributed by atoms with Crippen LogP contribution in [0, 0.1) is 0 Å². The number of nitrogens with zero attached hydrogens (tertiary/aromatic N) is 2. The quantitative estimate of drug-likeness (QED) is 0.741. The molecule has 1 fully saturated rings. The predicted molar refractivity (Wildman–Crippen MR) is 89.1 cm³/mol. The summed E-state index contributed by atoms with van der Waals surface area (Å²) in [7, 11) is 0. The summed E-state index contributed by atoms with van der Waals surface area (Å²) in [5.74, 6) is -0.384. The van der Waals surface area contributed by atoms with Crippen molar-refractivity contribution in [2.75, 3.05) is 4.90 Å². The molecule has 1 saturated heterocycles. The molecular formula is C15H8Cl2N2O2S. The summed E-state index contributed by atoms with van der Waals surface area (Å²) in [6, 6.07) is 8.14. The van der Waals surface area contributed by atoms with Crippen molar-refractivity contribution < 1.29 is 9.59 Å². The Balaban J connectivity index is 1.95. The Hall–Kier alpha value is -1.82. The van der Waals surface area contributed by atoms with Gasteiger partial charge < -0.3 is 0 Å². The molecule has 1 aromatic carbocycles. The molecule has 1 aliphatic heterocycles. The lowest BCUT2D eigenvalue weighted by Gasteiger charge is -2.13. The van der Waals surface area contributed by atoms with Crippen molar-refractivity contribution in [1.29, 1.82) is 0 Å².